The van der Waals surface area contributed by atoms with Gasteiger partial charge in [-0.05, 0) is 62.7 Å². The van der Waals surface area contributed by atoms with E-state index in [4.69, 9.17) is 0 Å². The average molecular weight is 375 g/mol. The van der Waals surface area contributed by atoms with Gasteiger partial charge in [0.25, 0.3) is 5.91 Å². The fraction of sp³-hybridized carbons (Fsp3) is 0.400. The van der Waals surface area contributed by atoms with E-state index >= 15 is 0 Å². The first-order chi connectivity index (χ1) is 13.1. The van der Waals surface area contributed by atoms with Crippen molar-refractivity contribution in [1.29, 1.82) is 0 Å². The van der Waals surface area contributed by atoms with Crippen molar-refractivity contribution in [3.8, 4) is 5.75 Å². The zero-order chi connectivity index (χ0) is 19.1. The normalized spacial score (nSPS) is 17.4. The second-order valence-corrected chi connectivity index (χ2v) is 6.50. The van der Waals surface area contributed by atoms with Gasteiger partial charge in [0.15, 0.2) is 0 Å². The minimum absolute atomic E-state index is 0.0174. The number of nitrogens with zero attached hydrogens (tertiary/aromatic N) is 2. The molecule has 1 atom stereocenters. The molecule has 1 aliphatic rings. The lowest BCUT2D eigenvalue weighted by Gasteiger charge is -2.31. The van der Waals surface area contributed by atoms with Crippen LogP contribution in [-0.2, 0) is 6.54 Å². The van der Waals surface area contributed by atoms with Crippen molar-refractivity contribution >= 4 is 5.91 Å². The summed E-state index contributed by atoms with van der Waals surface area (Å²) in [5, 5.41) is 3.35. The van der Waals surface area contributed by atoms with Crippen LogP contribution in [0.2, 0.25) is 0 Å². The molecule has 27 heavy (non-hydrogen) atoms. The minimum atomic E-state index is -2.92. The Morgan fingerprint density at radius 3 is 2.89 bits per heavy atom. The van der Waals surface area contributed by atoms with Gasteiger partial charge in [-0.3, -0.25) is 9.78 Å². The highest BCUT2D eigenvalue weighted by Crippen LogP contribution is 2.22. The smallest absolute Gasteiger partial charge is 0.387 e. The number of rotatable bonds is 6. The highest BCUT2D eigenvalue weighted by atomic mass is 19.3. The van der Waals surface area contributed by atoms with Crippen LogP contribution >= 0.6 is 0 Å². The van der Waals surface area contributed by atoms with Crippen molar-refractivity contribution in [2.45, 2.75) is 38.5 Å². The molecule has 0 bridgehead atoms. The first kappa shape index (κ1) is 19.2. The number of nitrogens with one attached hydrogen (secondary N) is 1. The lowest BCUT2D eigenvalue weighted by molar-refractivity contribution is -0.0499. The largest absolute Gasteiger partial charge is 0.435 e. The Kier molecular flexibility index (Phi) is 6.70. The number of alkyl halides is 2. The molecular weight excluding hydrogens is 352 g/mol. The number of amides is 1. The Labute approximate surface area is 157 Å². The number of aromatic nitrogens is 1. The molecule has 1 unspecified atom stereocenters. The molecule has 1 aromatic heterocycles. The predicted molar refractivity (Wildman–Crippen MR) is 97.7 cm³/mol. The molecule has 0 radical (unpaired) electrons. The summed E-state index contributed by atoms with van der Waals surface area (Å²) in [4.78, 5) is 19.4. The molecule has 0 spiro atoms. The van der Waals surface area contributed by atoms with Gasteiger partial charge in [0.1, 0.15) is 5.75 Å². The number of carbonyl (C=O) groups is 1. The van der Waals surface area contributed by atoms with Crippen molar-refractivity contribution in [3.63, 3.8) is 0 Å². The number of benzene rings is 1. The highest BCUT2D eigenvalue weighted by molar-refractivity contribution is 5.94. The van der Waals surface area contributed by atoms with Crippen molar-refractivity contribution in [1.82, 2.24) is 15.2 Å². The summed E-state index contributed by atoms with van der Waals surface area (Å²) in [5.74, 6) is -0.219. The van der Waals surface area contributed by atoms with Crippen molar-refractivity contribution in [3.05, 3.63) is 59.9 Å². The second kappa shape index (κ2) is 9.41. The van der Waals surface area contributed by atoms with E-state index in [0.29, 0.717) is 12.1 Å². The molecule has 1 fully saturated rings. The lowest BCUT2D eigenvalue weighted by atomic mass is 10.0. The molecule has 0 aliphatic carbocycles. The van der Waals surface area contributed by atoms with Crippen LogP contribution < -0.4 is 10.1 Å². The van der Waals surface area contributed by atoms with Gasteiger partial charge in [-0.25, -0.2) is 0 Å². The van der Waals surface area contributed by atoms with E-state index in [0.717, 1.165) is 38.0 Å². The third kappa shape index (κ3) is 5.47. The van der Waals surface area contributed by atoms with Gasteiger partial charge in [0.2, 0.25) is 0 Å². The van der Waals surface area contributed by atoms with Crippen LogP contribution in [0.1, 0.15) is 35.3 Å². The zero-order valence-corrected chi connectivity index (χ0v) is 15.0. The maximum Gasteiger partial charge on any atom is 0.387 e. The lowest BCUT2D eigenvalue weighted by Crippen LogP contribution is -2.40. The molecule has 1 aromatic carbocycles. The third-order valence-corrected chi connectivity index (χ3v) is 4.61. The standard InChI is InChI=1S/C20H23F2N3O2/c21-20(22)27-18-8-3-5-15(13-18)19(26)25(14-16-6-1-2-11-24-16)17-7-4-10-23-12-9-17/h1-3,5-6,8,11,13,17,20,23H,4,7,9-10,12,14H2. The molecule has 1 aliphatic heterocycles. The molecule has 2 aromatic rings. The van der Waals surface area contributed by atoms with Crippen LogP contribution in [0.15, 0.2) is 48.7 Å². The van der Waals surface area contributed by atoms with Crippen LogP contribution in [0.3, 0.4) is 0 Å². The van der Waals surface area contributed by atoms with Crippen LogP contribution in [0, 0.1) is 0 Å². The van der Waals surface area contributed by atoms with E-state index in [-0.39, 0.29) is 17.7 Å². The van der Waals surface area contributed by atoms with Crippen molar-refractivity contribution < 1.29 is 18.3 Å². The Morgan fingerprint density at radius 1 is 1.22 bits per heavy atom. The van der Waals surface area contributed by atoms with Crippen molar-refractivity contribution in [2.75, 3.05) is 13.1 Å². The fourth-order valence-corrected chi connectivity index (χ4v) is 3.32. The van der Waals surface area contributed by atoms with E-state index in [1.54, 1.807) is 23.2 Å². The summed E-state index contributed by atoms with van der Waals surface area (Å²) in [6, 6.07) is 11.6. The molecule has 144 valence electrons. The summed E-state index contributed by atoms with van der Waals surface area (Å²) in [7, 11) is 0. The topological polar surface area (TPSA) is 54.5 Å². The molecule has 1 N–H and O–H groups in total. The van der Waals surface area contributed by atoms with Crippen LogP contribution in [-0.4, -0.2) is 41.5 Å². The second-order valence-electron chi connectivity index (χ2n) is 6.50. The van der Waals surface area contributed by atoms with E-state index in [1.807, 2.05) is 18.2 Å². The Hall–Kier alpha value is -2.54. The molecule has 3 rings (SSSR count). The summed E-state index contributed by atoms with van der Waals surface area (Å²) in [6.07, 6.45) is 4.40. The molecule has 0 saturated carbocycles. The van der Waals surface area contributed by atoms with E-state index in [1.165, 1.54) is 12.1 Å². The van der Waals surface area contributed by atoms with Crippen LogP contribution in [0.25, 0.3) is 0 Å². The number of ether oxygens (including phenoxy) is 1. The molecule has 1 saturated heterocycles. The van der Waals surface area contributed by atoms with Gasteiger partial charge in [-0.1, -0.05) is 12.1 Å². The quantitative estimate of drug-likeness (QED) is 0.840. The number of hydrogen-bond acceptors (Lipinski definition) is 4. The Balaban J connectivity index is 1.85. The minimum Gasteiger partial charge on any atom is -0.435 e. The summed E-state index contributed by atoms with van der Waals surface area (Å²) < 4.78 is 29.4. The van der Waals surface area contributed by atoms with Gasteiger partial charge in [-0.2, -0.15) is 8.78 Å². The molecule has 5 nitrogen and oxygen atoms in total. The number of carbonyl (C=O) groups excluding carboxylic acids is 1. The summed E-state index contributed by atoms with van der Waals surface area (Å²) >= 11 is 0. The molecule has 1 amide bonds. The van der Waals surface area contributed by atoms with Gasteiger partial charge >= 0.3 is 6.61 Å². The summed E-state index contributed by atoms with van der Waals surface area (Å²) in [6.45, 7) is -0.775. The Bertz CT molecular complexity index is 735. The van der Waals surface area contributed by atoms with E-state index < -0.39 is 6.61 Å². The van der Waals surface area contributed by atoms with E-state index in [2.05, 4.69) is 15.0 Å². The maximum atomic E-state index is 13.2. The zero-order valence-electron chi connectivity index (χ0n) is 15.0. The van der Waals surface area contributed by atoms with Crippen LogP contribution in [0.4, 0.5) is 8.78 Å². The van der Waals surface area contributed by atoms with Gasteiger partial charge in [-0.15, -0.1) is 0 Å². The summed E-state index contributed by atoms with van der Waals surface area (Å²) in [5.41, 5.74) is 1.13. The van der Waals surface area contributed by atoms with Gasteiger partial charge in [0, 0.05) is 17.8 Å². The number of halogens is 2. The fourth-order valence-electron chi connectivity index (χ4n) is 3.32. The third-order valence-electron chi connectivity index (χ3n) is 4.61. The molecule has 7 heteroatoms. The van der Waals surface area contributed by atoms with Gasteiger partial charge < -0.3 is 15.0 Å². The monoisotopic (exact) mass is 375 g/mol. The Morgan fingerprint density at radius 2 is 2.11 bits per heavy atom. The average Bonchev–Trinajstić information content (AvgIpc) is 2.95. The molecular formula is C20H23F2N3O2. The number of pyridine rings is 1. The first-order valence-corrected chi connectivity index (χ1v) is 9.10. The highest BCUT2D eigenvalue weighted by Gasteiger charge is 2.26. The predicted octanol–water partition coefficient (Wildman–Crippen LogP) is 3.47. The van der Waals surface area contributed by atoms with Crippen LogP contribution in [0.5, 0.6) is 5.75 Å². The van der Waals surface area contributed by atoms with Gasteiger partial charge in [0.05, 0.1) is 12.2 Å². The SMILES string of the molecule is O=C(c1cccc(OC(F)F)c1)N(Cc1ccccn1)C1CCCNCC1. The molecule has 2 heterocycles. The van der Waals surface area contributed by atoms with Crippen molar-refractivity contribution in [2.24, 2.45) is 0 Å². The maximum absolute atomic E-state index is 13.2. The van der Waals surface area contributed by atoms with E-state index in [9.17, 15) is 13.6 Å². The first-order valence-electron chi connectivity index (χ1n) is 9.10. The number of hydrogen-bond donors (Lipinski definition) is 1.